The van der Waals surface area contributed by atoms with Gasteiger partial charge in [0, 0.05) is 24.5 Å². The van der Waals surface area contributed by atoms with Gasteiger partial charge < -0.3 is 5.32 Å². The van der Waals surface area contributed by atoms with Crippen LogP contribution in [0.4, 0.5) is 17.6 Å². The molecule has 0 aliphatic rings. The summed E-state index contributed by atoms with van der Waals surface area (Å²) in [5.74, 6) is -0.341. The number of benzene rings is 2. The molecule has 1 N–H and O–H groups in total. The summed E-state index contributed by atoms with van der Waals surface area (Å²) in [5, 5.41) is 5.26. The van der Waals surface area contributed by atoms with Crippen molar-refractivity contribution in [3.63, 3.8) is 0 Å². The van der Waals surface area contributed by atoms with E-state index in [1.54, 1.807) is 23.6 Å². The topological polar surface area (TPSA) is 45.2 Å². The van der Waals surface area contributed by atoms with E-state index in [-0.39, 0.29) is 30.2 Å². The van der Waals surface area contributed by atoms with Crippen molar-refractivity contribution < 1.29 is 22.4 Å². The second kappa shape index (κ2) is 11.1. The van der Waals surface area contributed by atoms with Crippen LogP contribution in [0.5, 0.6) is 0 Å². The third-order valence-corrected chi connectivity index (χ3v) is 6.32. The highest BCUT2D eigenvalue weighted by Crippen LogP contribution is 2.30. The summed E-state index contributed by atoms with van der Waals surface area (Å²) >= 11 is 1.32. The SMILES string of the molecule is CC(C)C(C)NC(=O)c1csc(CN(Cc2ccc(F)cc2)Cc2cccc(C(F)(F)F)c2)n1. The molecule has 0 aliphatic carbocycles. The molecular formula is C25H27F4N3OS. The van der Waals surface area contributed by atoms with Crippen molar-refractivity contribution in [3.05, 3.63) is 87.1 Å². The minimum atomic E-state index is -4.43. The minimum absolute atomic E-state index is 0.00599. The standard InChI is InChI=1S/C25H27F4N3OS/c1-16(2)17(3)30-24(33)22-15-34-23(31-22)14-32(12-18-7-9-21(26)10-8-18)13-19-5-4-6-20(11-19)25(27,28)29/h4-11,15-17H,12-14H2,1-3H3,(H,30,33). The van der Waals surface area contributed by atoms with Crippen molar-refractivity contribution in [2.75, 3.05) is 0 Å². The van der Waals surface area contributed by atoms with Crippen LogP contribution >= 0.6 is 11.3 Å². The van der Waals surface area contributed by atoms with Crippen molar-refractivity contribution in [3.8, 4) is 0 Å². The average molecular weight is 494 g/mol. The lowest BCUT2D eigenvalue weighted by Crippen LogP contribution is -2.36. The van der Waals surface area contributed by atoms with Gasteiger partial charge in [-0.05, 0) is 42.2 Å². The van der Waals surface area contributed by atoms with Crippen LogP contribution in [0.2, 0.25) is 0 Å². The Morgan fingerprint density at radius 3 is 2.35 bits per heavy atom. The molecule has 1 atom stereocenters. The highest BCUT2D eigenvalue weighted by atomic mass is 32.1. The number of amides is 1. The van der Waals surface area contributed by atoms with Crippen molar-refractivity contribution in [1.82, 2.24) is 15.2 Å². The first-order valence-electron chi connectivity index (χ1n) is 10.9. The van der Waals surface area contributed by atoms with E-state index in [4.69, 9.17) is 0 Å². The maximum Gasteiger partial charge on any atom is 0.416 e. The molecule has 0 bridgehead atoms. The summed E-state index contributed by atoms with van der Waals surface area (Å²) in [6.45, 7) is 6.88. The zero-order chi connectivity index (χ0) is 24.9. The molecule has 0 radical (unpaired) electrons. The molecule has 1 aromatic heterocycles. The Kier molecular flexibility index (Phi) is 8.43. The van der Waals surface area contributed by atoms with Crippen molar-refractivity contribution in [2.45, 2.75) is 52.6 Å². The minimum Gasteiger partial charge on any atom is -0.348 e. The summed E-state index contributed by atoms with van der Waals surface area (Å²) in [4.78, 5) is 18.8. The Labute approximate surface area is 200 Å². The summed E-state index contributed by atoms with van der Waals surface area (Å²) in [6, 6.07) is 11.2. The van der Waals surface area contributed by atoms with Gasteiger partial charge in [0.1, 0.15) is 16.5 Å². The summed E-state index contributed by atoms with van der Waals surface area (Å²) in [5.41, 5.74) is 0.915. The van der Waals surface area contributed by atoms with Crippen LogP contribution in [0.1, 0.15) is 53.0 Å². The van der Waals surface area contributed by atoms with Crippen LogP contribution in [0.25, 0.3) is 0 Å². The number of carbonyl (C=O) groups is 1. The van der Waals surface area contributed by atoms with Crippen LogP contribution < -0.4 is 5.32 Å². The fraction of sp³-hybridized carbons (Fsp3) is 0.360. The lowest BCUT2D eigenvalue weighted by molar-refractivity contribution is -0.137. The summed E-state index contributed by atoms with van der Waals surface area (Å²) < 4.78 is 52.8. The first-order chi connectivity index (χ1) is 16.0. The average Bonchev–Trinajstić information content (AvgIpc) is 3.23. The summed E-state index contributed by atoms with van der Waals surface area (Å²) in [7, 11) is 0. The highest BCUT2D eigenvalue weighted by molar-refractivity contribution is 7.09. The quantitative estimate of drug-likeness (QED) is 0.357. The van der Waals surface area contributed by atoms with E-state index < -0.39 is 11.7 Å². The van der Waals surface area contributed by atoms with Gasteiger partial charge in [-0.2, -0.15) is 13.2 Å². The first-order valence-corrected chi connectivity index (χ1v) is 11.8. The molecule has 3 rings (SSSR count). The second-order valence-electron chi connectivity index (χ2n) is 8.60. The van der Waals surface area contributed by atoms with Gasteiger partial charge in [0.05, 0.1) is 12.1 Å². The normalized spacial score (nSPS) is 12.9. The van der Waals surface area contributed by atoms with Gasteiger partial charge in [0.25, 0.3) is 5.91 Å². The van der Waals surface area contributed by atoms with E-state index in [0.29, 0.717) is 29.4 Å². The molecule has 0 saturated carbocycles. The van der Waals surface area contributed by atoms with Gasteiger partial charge in [-0.15, -0.1) is 11.3 Å². The lowest BCUT2D eigenvalue weighted by Gasteiger charge is -2.22. The van der Waals surface area contributed by atoms with Gasteiger partial charge in [-0.3, -0.25) is 9.69 Å². The predicted octanol–water partition coefficient (Wildman–Crippen LogP) is 6.28. The molecular weight excluding hydrogens is 466 g/mol. The van der Waals surface area contributed by atoms with E-state index >= 15 is 0 Å². The van der Waals surface area contributed by atoms with E-state index in [9.17, 15) is 22.4 Å². The van der Waals surface area contributed by atoms with Gasteiger partial charge in [-0.25, -0.2) is 9.37 Å². The third-order valence-electron chi connectivity index (χ3n) is 5.48. The molecule has 0 fully saturated rings. The number of hydrogen-bond donors (Lipinski definition) is 1. The monoisotopic (exact) mass is 493 g/mol. The molecule has 182 valence electrons. The fourth-order valence-corrected chi connectivity index (χ4v) is 4.06. The van der Waals surface area contributed by atoms with Crippen LogP contribution in [-0.2, 0) is 25.8 Å². The fourth-order valence-electron chi connectivity index (χ4n) is 3.25. The molecule has 0 spiro atoms. The number of rotatable bonds is 9. The molecule has 2 aromatic carbocycles. The number of carbonyl (C=O) groups excluding carboxylic acids is 1. The van der Waals surface area contributed by atoms with Crippen LogP contribution in [0.15, 0.2) is 53.9 Å². The van der Waals surface area contributed by atoms with E-state index in [1.807, 2.05) is 25.7 Å². The van der Waals surface area contributed by atoms with Crippen molar-refractivity contribution in [1.29, 1.82) is 0 Å². The Hall–Kier alpha value is -2.78. The predicted molar refractivity (Wildman–Crippen MR) is 125 cm³/mol. The molecule has 1 unspecified atom stereocenters. The zero-order valence-electron chi connectivity index (χ0n) is 19.2. The molecule has 0 saturated heterocycles. The third kappa shape index (κ3) is 7.36. The van der Waals surface area contributed by atoms with Crippen molar-refractivity contribution in [2.24, 2.45) is 5.92 Å². The molecule has 4 nitrogen and oxygen atoms in total. The molecule has 1 amide bonds. The lowest BCUT2D eigenvalue weighted by atomic mass is 10.1. The van der Waals surface area contributed by atoms with Crippen molar-refractivity contribution >= 4 is 17.2 Å². The molecule has 1 heterocycles. The summed E-state index contributed by atoms with van der Waals surface area (Å²) in [6.07, 6.45) is -4.43. The molecule has 0 aliphatic heterocycles. The molecule has 9 heteroatoms. The number of nitrogens with one attached hydrogen (secondary N) is 1. The van der Waals surface area contributed by atoms with Gasteiger partial charge in [-0.1, -0.05) is 44.2 Å². The Bertz CT molecular complexity index is 1100. The van der Waals surface area contributed by atoms with Crippen LogP contribution in [0.3, 0.4) is 0 Å². The smallest absolute Gasteiger partial charge is 0.348 e. The molecule has 3 aromatic rings. The first kappa shape index (κ1) is 25.8. The second-order valence-corrected chi connectivity index (χ2v) is 9.55. The maximum absolute atomic E-state index is 13.3. The van der Waals surface area contributed by atoms with Crippen LogP contribution in [0, 0.1) is 11.7 Å². The van der Waals surface area contributed by atoms with Crippen LogP contribution in [-0.4, -0.2) is 21.8 Å². The number of halogens is 4. The Balaban J connectivity index is 1.79. The number of thiazole rings is 1. The van der Waals surface area contributed by atoms with E-state index in [2.05, 4.69) is 10.3 Å². The number of alkyl halides is 3. The van der Waals surface area contributed by atoms with Gasteiger partial charge >= 0.3 is 6.18 Å². The Morgan fingerprint density at radius 1 is 1.03 bits per heavy atom. The number of hydrogen-bond acceptors (Lipinski definition) is 4. The van der Waals surface area contributed by atoms with E-state index in [0.717, 1.165) is 17.7 Å². The Morgan fingerprint density at radius 2 is 1.71 bits per heavy atom. The maximum atomic E-state index is 13.3. The van der Waals surface area contributed by atoms with Gasteiger partial charge in [0.2, 0.25) is 0 Å². The van der Waals surface area contributed by atoms with Gasteiger partial charge in [0.15, 0.2) is 0 Å². The largest absolute Gasteiger partial charge is 0.416 e. The number of aromatic nitrogens is 1. The molecule has 34 heavy (non-hydrogen) atoms. The highest BCUT2D eigenvalue weighted by Gasteiger charge is 2.30. The number of nitrogens with zero attached hydrogens (tertiary/aromatic N) is 2. The van der Waals surface area contributed by atoms with E-state index in [1.165, 1.54) is 29.5 Å². The zero-order valence-corrected chi connectivity index (χ0v) is 20.0.